The Hall–Kier alpha value is -3.69. The first-order valence-corrected chi connectivity index (χ1v) is 15.1. The lowest BCUT2D eigenvalue weighted by molar-refractivity contribution is 0.565. The van der Waals surface area contributed by atoms with Gasteiger partial charge in [-0.15, -0.1) is 0 Å². The summed E-state index contributed by atoms with van der Waals surface area (Å²) in [5.41, 5.74) is 10.1. The topological polar surface area (TPSA) is 79.3 Å². The van der Waals surface area contributed by atoms with E-state index in [9.17, 15) is 8.42 Å². The van der Waals surface area contributed by atoms with Gasteiger partial charge in [-0.2, -0.15) is 0 Å². The van der Waals surface area contributed by atoms with Crippen LogP contribution in [0, 0.1) is 34.6 Å². The van der Waals surface area contributed by atoms with Crippen LogP contribution < -0.4 is 14.9 Å². The summed E-state index contributed by atoms with van der Waals surface area (Å²) in [6, 6.07) is 20.0. The van der Waals surface area contributed by atoms with Gasteiger partial charge in [0.2, 0.25) is 10.0 Å². The number of hydrogen-bond donors (Lipinski definition) is 2. The van der Waals surface area contributed by atoms with E-state index in [4.69, 9.17) is 12.2 Å². The smallest absolute Gasteiger partial charge is 0.229 e. The highest BCUT2D eigenvalue weighted by molar-refractivity contribution is 7.92. The standard InChI is InChI=1S/C30H33N5O2S2/c1-18-10-11-19(2)27(15-18)34-21(4)17-24(22(34)5)29-28(26-9-7-8-14-31-26)32-30(38)35(29)23-12-13-25(20(3)16-23)33-39(6,36)37/h7-17,28-29,33H,1-6H3,(H,32,38)/t28-,29+/m1/s1. The van der Waals surface area contributed by atoms with Crippen molar-refractivity contribution in [3.05, 3.63) is 106 Å². The number of aryl methyl sites for hydroxylation is 4. The molecule has 0 saturated carbocycles. The molecule has 9 heteroatoms. The molecule has 1 saturated heterocycles. The Morgan fingerprint density at radius 1 is 0.949 bits per heavy atom. The summed E-state index contributed by atoms with van der Waals surface area (Å²) in [4.78, 5) is 6.81. The van der Waals surface area contributed by atoms with Gasteiger partial charge in [0, 0.05) is 29.0 Å². The lowest BCUT2D eigenvalue weighted by Crippen LogP contribution is -2.29. The van der Waals surface area contributed by atoms with E-state index in [1.54, 1.807) is 12.3 Å². The summed E-state index contributed by atoms with van der Waals surface area (Å²) in [5, 5.41) is 4.12. The first-order chi connectivity index (χ1) is 18.4. The van der Waals surface area contributed by atoms with Crippen molar-refractivity contribution in [3.8, 4) is 5.69 Å². The number of benzene rings is 2. The second kappa shape index (κ2) is 10.1. The van der Waals surface area contributed by atoms with Gasteiger partial charge in [0.05, 0.1) is 29.7 Å². The van der Waals surface area contributed by atoms with Crippen molar-refractivity contribution >= 4 is 38.7 Å². The van der Waals surface area contributed by atoms with Gasteiger partial charge in [-0.3, -0.25) is 9.71 Å². The first kappa shape index (κ1) is 26.9. The summed E-state index contributed by atoms with van der Waals surface area (Å²) in [6.07, 6.45) is 2.95. The Morgan fingerprint density at radius 3 is 2.38 bits per heavy atom. The molecular weight excluding hydrogens is 526 g/mol. The molecule has 0 bridgehead atoms. The largest absolute Gasteiger partial charge is 0.351 e. The third kappa shape index (κ3) is 5.16. The van der Waals surface area contributed by atoms with Crippen LogP contribution in [0.1, 0.15) is 51.4 Å². The van der Waals surface area contributed by atoms with Crippen molar-refractivity contribution in [2.45, 2.75) is 46.7 Å². The molecule has 4 aromatic rings. The molecule has 2 atom stereocenters. The SMILES string of the molecule is Cc1ccc(C)c(-n2c(C)cc([C@H]3[C@@H](c4ccccn4)NC(=S)N3c3ccc(NS(C)(=O)=O)c(C)c3)c2C)c1. The minimum absolute atomic E-state index is 0.175. The zero-order valence-electron chi connectivity index (χ0n) is 23.0. The molecule has 5 rings (SSSR count). The van der Waals surface area contributed by atoms with Crippen LogP contribution in [-0.4, -0.2) is 29.3 Å². The Bertz CT molecular complexity index is 1680. The Kier molecular flexibility index (Phi) is 6.99. The molecule has 2 aromatic carbocycles. The molecular formula is C30H33N5O2S2. The predicted molar refractivity (Wildman–Crippen MR) is 162 cm³/mol. The summed E-state index contributed by atoms with van der Waals surface area (Å²) < 4.78 is 28.6. The summed E-state index contributed by atoms with van der Waals surface area (Å²) in [5.74, 6) is 0. The number of rotatable bonds is 6. The zero-order valence-corrected chi connectivity index (χ0v) is 24.6. The minimum atomic E-state index is -3.39. The van der Waals surface area contributed by atoms with Crippen LogP contribution in [0.3, 0.4) is 0 Å². The van der Waals surface area contributed by atoms with Crippen molar-refractivity contribution in [2.75, 3.05) is 15.9 Å². The molecule has 1 fully saturated rings. The average Bonchev–Trinajstić information content (AvgIpc) is 3.37. The highest BCUT2D eigenvalue weighted by Gasteiger charge is 2.42. The van der Waals surface area contributed by atoms with Gasteiger partial charge in [0.1, 0.15) is 0 Å². The van der Waals surface area contributed by atoms with Crippen LogP contribution in [-0.2, 0) is 10.0 Å². The quantitative estimate of drug-likeness (QED) is 0.284. The maximum absolute atomic E-state index is 11.9. The lowest BCUT2D eigenvalue weighted by atomic mass is 9.96. The Morgan fingerprint density at radius 2 is 1.72 bits per heavy atom. The van der Waals surface area contributed by atoms with E-state index in [1.807, 2.05) is 37.3 Å². The molecule has 7 nitrogen and oxygen atoms in total. The fourth-order valence-corrected chi connectivity index (χ4v) is 6.45. The molecule has 2 aromatic heterocycles. The molecule has 202 valence electrons. The zero-order chi connectivity index (χ0) is 28.1. The minimum Gasteiger partial charge on any atom is -0.351 e. The van der Waals surface area contributed by atoms with Crippen LogP contribution >= 0.6 is 12.2 Å². The molecule has 1 aliphatic rings. The number of sulfonamides is 1. The highest BCUT2D eigenvalue weighted by atomic mass is 32.2. The second-order valence-electron chi connectivity index (χ2n) is 10.3. The molecule has 3 heterocycles. The summed E-state index contributed by atoms with van der Waals surface area (Å²) in [7, 11) is -3.39. The third-order valence-corrected chi connectivity index (χ3v) is 8.18. The van der Waals surface area contributed by atoms with Crippen molar-refractivity contribution in [2.24, 2.45) is 0 Å². The van der Waals surface area contributed by atoms with E-state index < -0.39 is 10.0 Å². The van der Waals surface area contributed by atoms with E-state index >= 15 is 0 Å². The van der Waals surface area contributed by atoms with E-state index in [0.29, 0.717) is 10.8 Å². The Balaban J connectivity index is 1.67. The third-order valence-electron chi connectivity index (χ3n) is 7.28. The molecule has 0 spiro atoms. The second-order valence-corrected chi connectivity index (χ2v) is 12.5. The van der Waals surface area contributed by atoms with E-state index in [1.165, 1.54) is 11.1 Å². The molecule has 0 unspecified atom stereocenters. The fourth-order valence-electron chi connectivity index (χ4n) is 5.48. The number of hydrogen-bond acceptors (Lipinski definition) is 4. The van der Waals surface area contributed by atoms with E-state index in [-0.39, 0.29) is 12.1 Å². The normalized spacial score (nSPS) is 17.4. The monoisotopic (exact) mass is 559 g/mol. The summed E-state index contributed by atoms with van der Waals surface area (Å²) >= 11 is 5.92. The predicted octanol–water partition coefficient (Wildman–Crippen LogP) is 5.96. The molecule has 2 N–H and O–H groups in total. The van der Waals surface area contributed by atoms with Gasteiger partial charge in [-0.05, 0) is 112 Å². The molecule has 39 heavy (non-hydrogen) atoms. The number of nitrogens with one attached hydrogen (secondary N) is 2. The molecule has 0 aliphatic carbocycles. The van der Waals surface area contributed by atoms with Gasteiger partial charge in [0.25, 0.3) is 0 Å². The fraction of sp³-hybridized carbons (Fsp3) is 0.267. The van der Waals surface area contributed by atoms with Gasteiger partial charge in [-0.1, -0.05) is 18.2 Å². The van der Waals surface area contributed by atoms with Crippen molar-refractivity contribution in [3.63, 3.8) is 0 Å². The number of thiocarbonyl (C=S) groups is 1. The highest BCUT2D eigenvalue weighted by Crippen LogP contribution is 2.44. The average molecular weight is 560 g/mol. The number of nitrogens with zero attached hydrogens (tertiary/aromatic N) is 3. The van der Waals surface area contributed by atoms with E-state index in [2.05, 4.69) is 76.5 Å². The maximum Gasteiger partial charge on any atom is 0.229 e. The van der Waals surface area contributed by atoms with Gasteiger partial charge in [-0.25, -0.2) is 8.42 Å². The van der Waals surface area contributed by atoms with Crippen molar-refractivity contribution in [1.82, 2.24) is 14.9 Å². The van der Waals surface area contributed by atoms with Gasteiger partial charge >= 0.3 is 0 Å². The maximum atomic E-state index is 11.9. The van der Waals surface area contributed by atoms with Crippen molar-refractivity contribution in [1.29, 1.82) is 0 Å². The molecule has 1 aliphatic heterocycles. The number of aromatic nitrogens is 2. The Labute approximate surface area is 235 Å². The van der Waals surface area contributed by atoms with Gasteiger partial charge < -0.3 is 14.8 Å². The van der Waals surface area contributed by atoms with Crippen LogP contribution in [0.15, 0.2) is 66.9 Å². The lowest BCUT2D eigenvalue weighted by Gasteiger charge is -2.29. The van der Waals surface area contributed by atoms with Gasteiger partial charge in [0.15, 0.2) is 5.11 Å². The van der Waals surface area contributed by atoms with Crippen LogP contribution in [0.25, 0.3) is 5.69 Å². The van der Waals surface area contributed by atoms with Crippen molar-refractivity contribution < 1.29 is 8.42 Å². The number of pyridine rings is 1. The van der Waals surface area contributed by atoms with Crippen LogP contribution in [0.2, 0.25) is 0 Å². The number of anilines is 2. The van der Waals surface area contributed by atoms with Crippen LogP contribution in [0.4, 0.5) is 11.4 Å². The summed E-state index contributed by atoms with van der Waals surface area (Å²) in [6.45, 7) is 10.4. The molecule has 0 radical (unpaired) electrons. The van der Waals surface area contributed by atoms with Crippen LogP contribution in [0.5, 0.6) is 0 Å². The molecule has 0 amide bonds. The first-order valence-electron chi connectivity index (χ1n) is 12.8. The van der Waals surface area contributed by atoms with E-state index in [0.717, 1.165) is 45.8 Å².